The molecule has 72 valence electrons. The average molecular weight is 173 g/mol. The van der Waals surface area contributed by atoms with Crippen LogP contribution in [0.25, 0.3) is 0 Å². The number of hydrogen-bond acceptors (Lipinski definition) is 3. The normalized spacial score (nSPS) is 32.2. The van der Waals surface area contributed by atoms with Crippen LogP contribution >= 0.6 is 0 Å². The van der Waals surface area contributed by atoms with Gasteiger partial charge in [-0.2, -0.15) is 0 Å². The highest BCUT2D eigenvalue weighted by Gasteiger charge is 2.23. The first-order valence-corrected chi connectivity index (χ1v) is 4.79. The Kier molecular flexibility index (Phi) is 3.98. The van der Waals surface area contributed by atoms with Gasteiger partial charge in [0, 0.05) is 6.04 Å². The zero-order chi connectivity index (χ0) is 8.97. The third-order valence-electron chi connectivity index (χ3n) is 2.45. The Morgan fingerprint density at radius 3 is 2.75 bits per heavy atom. The van der Waals surface area contributed by atoms with Crippen LogP contribution in [0, 0.1) is 0 Å². The lowest BCUT2D eigenvalue weighted by atomic mass is 10.2. The molecule has 0 spiro atoms. The molecule has 0 aromatic heterocycles. The van der Waals surface area contributed by atoms with E-state index >= 15 is 0 Å². The van der Waals surface area contributed by atoms with E-state index in [0.717, 1.165) is 32.2 Å². The molecule has 12 heavy (non-hydrogen) atoms. The molecule has 1 saturated carbocycles. The third kappa shape index (κ3) is 3.09. The van der Waals surface area contributed by atoms with Crippen LogP contribution < -0.4 is 5.32 Å². The average Bonchev–Trinajstić information content (AvgIpc) is 2.36. The maximum Gasteiger partial charge on any atom is 0.0693 e. The fraction of sp³-hybridized carbons (Fsp3) is 1.00. The summed E-state index contributed by atoms with van der Waals surface area (Å²) in [5.41, 5.74) is 0. The molecule has 0 bridgehead atoms. The molecule has 3 nitrogen and oxygen atoms in total. The summed E-state index contributed by atoms with van der Waals surface area (Å²) in [6.45, 7) is 2.59. The summed E-state index contributed by atoms with van der Waals surface area (Å²) >= 11 is 0. The highest BCUT2D eigenvalue weighted by atomic mass is 16.3. The van der Waals surface area contributed by atoms with E-state index in [9.17, 15) is 5.11 Å². The maximum absolute atomic E-state index is 9.43. The molecular weight excluding hydrogens is 154 g/mol. The monoisotopic (exact) mass is 173 g/mol. The predicted octanol–water partition coefficient (Wildman–Crippen LogP) is 0.260. The van der Waals surface area contributed by atoms with Crippen molar-refractivity contribution in [2.75, 3.05) is 6.54 Å². The van der Waals surface area contributed by atoms with Gasteiger partial charge in [0.15, 0.2) is 0 Å². The zero-order valence-electron chi connectivity index (χ0n) is 7.66. The smallest absolute Gasteiger partial charge is 0.0693 e. The second kappa shape index (κ2) is 4.80. The minimum atomic E-state index is -0.240. The van der Waals surface area contributed by atoms with E-state index in [2.05, 4.69) is 5.32 Å². The van der Waals surface area contributed by atoms with Gasteiger partial charge in [0.2, 0.25) is 0 Å². The minimum absolute atomic E-state index is 0.168. The molecule has 3 atom stereocenters. The van der Waals surface area contributed by atoms with Gasteiger partial charge in [-0.05, 0) is 39.2 Å². The molecule has 1 aliphatic rings. The van der Waals surface area contributed by atoms with Crippen molar-refractivity contribution in [2.24, 2.45) is 0 Å². The van der Waals surface area contributed by atoms with Crippen molar-refractivity contribution in [3.05, 3.63) is 0 Å². The summed E-state index contributed by atoms with van der Waals surface area (Å²) in [4.78, 5) is 0. The van der Waals surface area contributed by atoms with E-state index in [1.807, 2.05) is 0 Å². The van der Waals surface area contributed by atoms with Gasteiger partial charge in [-0.3, -0.25) is 0 Å². The topological polar surface area (TPSA) is 52.5 Å². The van der Waals surface area contributed by atoms with Crippen molar-refractivity contribution in [3.63, 3.8) is 0 Å². The first kappa shape index (κ1) is 9.96. The standard InChI is InChI=1S/C9H19NO2/c1-7(11)5-6-10-8-3-2-4-9(8)12/h7-12H,2-6H2,1H3/t7?,8-,9-/m0/s1. The molecule has 3 N–H and O–H groups in total. The Morgan fingerprint density at radius 1 is 1.50 bits per heavy atom. The Bertz CT molecular complexity index is 128. The van der Waals surface area contributed by atoms with Crippen molar-refractivity contribution in [1.82, 2.24) is 5.32 Å². The largest absolute Gasteiger partial charge is 0.393 e. The number of rotatable bonds is 4. The third-order valence-corrected chi connectivity index (χ3v) is 2.45. The molecule has 0 aliphatic heterocycles. The van der Waals surface area contributed by atoms with Crippen molar-refractivity contribution >= 4 is 0 Å². The number of hydrogen-bond donors (Lipinski definition) is 3. The highest BCUT2D eigenvalue weighted by molar-refractivity contribution is 4.82. The van der Waals surface area contributed by atoms with Crippen LogP contribution in [0.4, 0.5) is 0 Å². The van der Waals surface area contributed by atoms with Gasteiger partial charge in [0.05, 0.1) is 12.2 Å². The molecule has 1 aliphatic carbocycles. The molecule has 0 aromatic carbocycles. The molecule has 0 amide bonds. The van der Waals surface area contributed by atoms with Crippen molar-refractivity contribution in [2.45, 2.75) is 50.9 Å². The summed E-state index contributed by atoms with van der Waals surface area (Å²) in [5.74, 6) is 0. The molecule has 1 unspecified atom stereocenters. The number of nitrogens with one attached hydrogen (secondary N) is 1. The summed E-state index contributed by atoms with van der Waals surface area (Å²) < 4.78 is 0. The van der Waals surface area contributed by atoms with E-state index in [-0.39, 0.29) is 18.2 Å². The fourth-order valence-electron chi connectivity index (χ4n) is 1.66. The lowest BCUT2D eigenvalue weighted by Gasteiger charge is -2.16. The first-order valence-electron chi connectivity index (χ1n) is 4.79. The van der Waals surface area contributed by atoms with Crippen molar-refractivity contribution in [3.8, 4) is 0 Å². The first-order chi connectivity index (χ1) is 5.70. The van der Waals surface area contributed by atoms with Crippen LogP contribution in [-0.4, -0.2) is 35.0 Å². The summed E-state index contributed by atoms with van der Waals surface area (Å²) in [7, 11) is 0. The Hall–Kier alpha value is -0.120. The Balaban J connectivity index is 2.06. The van der Waals surface area contributed by atoms with Crippen LogP contribution in [0.15, 0.2) is 0 Å². The molecule has 3 heteroatoms. The Morgan fingerprint density at radius 2 is 2.25 bits per heavy atom. The van der Waals surface area contributed by atoms with Crippen molar-refractivity contribution in [1.29, 1.82) is 0 Å². The molecule has 0 radical (unpaired) electrons. The molecular formula is C9H19NO2. The second-order valence-electron chi connectivity index (χ2n) is 3.70. The highest BCUT2D eigenvalue weighted by Crippen LogP contribution is 2.18. The minimum Gasteiger partial charge on any atom is -0.393 e. The van der Waals surface area contributed by atoms with E-state index in [1.54, 1.807) is 6.92 Å². The van der Waals surface area contributed by atoms with E-state index in [1.165, 1.54) is 0 Å². The van der Waals surface area contributed by atoms with Gasteiger partial charge in [-0.25, -0.2) is 0 Å². The molecule has 1 rings (SSSR count). The lowest BCUT2D eigenvalue weighted by molar-refractivity contribution is 0.141. The zero-order valence-corrected chi connectivity index (χ0v) is 7.66. The molecule has 0 saturated heterocycles. The van der Waals surface area contributed by atoms with Crippen LogP contribution in [0.2, 0.25) is 0 Å². The summed E-state index contributed by atoms with van der Waals surface area (Å²) in [6.07, 6.45) is 3.47. The van der Waals surface area contributed by atoms with Gasteiger partial charge in [0.1, 0.15) is 0 Å². The van der Waals surface area contributed by atoms with Gasteiger partial charge in [-0.1, -0.05) is 0 Å². The van der Waals surface area contributed by atoms with E-state index < -0.39 is 0 Å². The van der Waals surface area contributed by atoms with Gasteiger partial charge in [0.25, 0.3) is 0 Å². The molecule has 1 fully saturated rings. The van der Waals surface area contributed by atoms with Crippen molar-refractivity contribution < 1.29 is 10.2 Å². The van der Waals surface area contributed by atoms with E-state index in [0.29, 0.717) is 0 Å². The second-order valence-corrected chi connectivity index (χ2v) is 3.70. The lowest BCUT2D eigenvalue weighted by Crippen LogP contribution is -2.36. The fourth-order valence-corrected chi connectivity index (χ4v) is 1.66. The van der Waals surface area contributed by atoms with Gasteiger partial charge in [-0.15, -0.1) is 0 Å². The van der Waals surface area contributed by atoms with E-state index in [4.69, 9.17) is 5.11 Å². The van der Waals surface area contributed by atoms with Crippen LogP contribution in [0.5, 0.6) is 0 Å². The SMILES string of the molecule is CC(O)CCN[C@H]1CCC[C@@H]1O. The van der Waals surface area contributed by atoms with Crippen LogP contribution in [0.3, 0.4) is 0 Å². The molecule has 0 aromatic rings. The van der Waals surface area contributed by atoms with Gasteiger partial charge >= 0.3 is 0 Å². The predicted molar refractivity (Wildman–Crippen MR) is 47.9 cm³/mol. The number of aliphatic hydroxyl groups excluding tert-OH is 2. The van der Waals surface area contributed by atoms with Crippen LogP contribution in [0.1, 0.15) is 32.6 Å². The van der Waals surface area contributed by atoms with Crippen LogP contribution in [-0.2, 0) is 0 Å². The Labute approximate surface area is 73.8 Å². The quantitative estimate of drug-likeness (QED) is 0.571. The maximum atomic E-state index is 9.43. The van der Waals surface area contributed by atoms with Gasteiger partial charge < -0.3 is 15.5 Å². The number of aliphatic hydroxyl groups is 2. The summed E-state index contributed by atoms with van der Waals surface area (Å²) in [6, 6.07) is 0.267. The molecule has 0 heterocycles. The summed E-state index contributed by atoms with van der Waals surface area (Å²) in [5, 5.41) is 21.7.